The Bertz CT molecular complexity index is 393. The predicted octanol–water partition coefficient (Wildman–Crippen LogP) is 1.53. The average Bonchev–Trinajstić information content (AvgIpc) is 2.77. The average molecular weight is 236 g/mol. The molecule has 1 aromatic rings. The molecular weight excluding hydrogens is 220 g/mol. The lowest BCUT2D eigenvalue weighted by atomic mass is 10.0. The second-order valence-corrected chi connectivity index (χ2v) is 4.34. The van der Waals surface area contributed by atoms with Gasteiger partial charge in [-0.3, -0.25) is 0 Å². The minimum absolute atomic E-state index is 0.127. The molecule has 0 aliphatic heterocycles. The highest BCUT2D eigenvalue weighted by atomic mass is 16.6. The number of hydrogen-bond acceptors (Lipinski definition) is 5. The molecule has 0 bridgehead atoms. The maximum Gasteiger partial charge on any atom is 0.363 e. The third-order valence-electron chi connectivity index (χ3n) is 3.25. The van der Waals surface area contributed by atoms with Crippen LogP contribution < -0.4 is 11.1 Å². The highest BCUT2D eigenvalue weighted by molar-refractivity contribution is 5.44. The monoisotopic (exact) mass is 236 g/mol. The lowest BCUT2D eigenvalue weighted by Crippen LogP contribution is -2.29. The van der Waals surface area contributed by atoms with Crippen LogP contribution in [0.4, 0.5) is 11.5 Å². The Morgan fingerprint density at radius 1 is 1.53 bits per heavy atom. The molecular formula is C11H16N4O2. The molecule has 0 aromatic carbocycles. The van der Waals surface area contributed by atoms with Crippen LogP contribution in [0.15, 0.2) is 18.3 Å². The molecule has 0 amide bonds. The number of pyridine rings is 1. The van der Waals surface area contributed by atoms with E-state index in [9.17, 15) is 10.1 Å². The Morgan fingerprint density at radius 3 is 2.94 bits per heavy atom. The van der Waals surface area contributed by atoms with E-state index >= 15 is 0 Å². The molecule has 0 spiro atoms. The maximum atomic E-state index is 10.5. The van der Waals surface area contributed by atoms with Crippen molar-refractivity contribution in [1.82, 2.24) is 4.98 Å². The van der Waals surface area contributed by atoms with Crippen molar-refractivity contribution in [2.24, 2.45) is 11.7 Å². The highest BCUT2D eigenvalue weighted by Crippen LogP contribution is 2.27. The summed E-state index contributed by atoms with van der Waals surface area (Å²) in [5.41, 5.74) is 6.52. The first-order valence-electron chi connectivity index (χ1n) is 5.77. The standard InChI is InChI=1S/C11H16N4O2/c12-6-8-2-1-3-10(8)14-9-4-5-11(13-7-9)15(16)17/h4-5,7-8,10,14H,1-3,6,12H2. The minimum atomic E-state index is -0.498. The molecule has 1 heterocycles. The molecule has 1 saturated carbocycles. The Labute approximate surface area is 99.4 Å². The summed E-state index contributed by atoms with van der Waals surface area (Å²) in [5, 5.41) is 13.8. The van der Waals surface area contributed by atoms with Crippen LogP contribution in [0.5, 0.6) is 0 Å². The SMILES string of the molecule is NCC1CCCC1Nc1ccc([N+](=O)[O-])nc1. The number of aromatic nitrogens is 1. The molecule has 1 aliphatic rings. The molecule has 6 nitrogen and oxygen atoms in total. The number of hydrogen-bond donors (Lipinski definition) is 2. The summed E-state index contributed by atoms with van der Waals surface area (Å²) in [6.45, 7) is 0.679. The summed E-state index contributed by atoms with van der Waals surface area (Å²) in [6, 6.07) is 3.47. The van der Waals surface area contributed by atoms with Gasteiger partial charge in [0.2, 0.25) is 0 Å². The zero-order chi connectivity index (χ0) is 12.3. The van der Waals surface area contributed by atoms with Crippen LogP contribution in [0.25, 0.3) is 0 Å². The van der Waals surface area contributed by atoms with Gasteiger partial charge in [-0.25, -0.2) is 0 Å². The second-order valence-electron chi connectivity index (χ2n) is 4.34. The fourth-order valence-electron chi connectivity index (χ4n) is 2.30. The van der Waals surface area contributed by atoms with Gasteiger partial charge in [-0.05, 0) is 41.3 Å². The first kappa shape index (κ1) is 11.8. The first-order valence-corrected chi connectivity index (χ1v) is 5.77. The van der Waals surface area contributed by atoms with Crippen molar-refractivity contribution < 1.29 is 4.92 Å². The molecule has 6 heteroatoms. The summed E-state index contributed by atoms with van der Waals surface area (Å²) in [5.74, 6) is 0.363. The lowest BCUT2D eigenvalue weighted by Gasteiger charge is -2.19. The number of nitrogens with zero attached hydrogens (tertiary/aromatic N) is 2. The second kappa shape index (κ2) is 5.09. The first-order chi connectivity index (χ1) is 8.20. The number of nitrogens with one attached hydrogen (secondary N) is 1. The van der Waals surface area contributed by atoms with E-state index in [0.29, 0.717) is 18.5 Å². The van der Waals surface area contributed by atoms with Gasteiger partial charge in [0.05, 0.1) is 5.69 Å². The molecule has 17 heavy (non-hydrogen) atoms. The van der Waals surface area contributed by atoms with Crippen molar-refractivity contribution in [1.29, 1.82) is 0 Å². The molecule has 2 unspecified atom stereocenters. The van der Waals surface area contributed by atoms with Crippen LogP contribution in [-0.2, 0) is 0 Å². The van der Waals surface area contributed by atoms with Crippen LogP contribution in [-0.4, -0.2) is 22.5 Å². The van der Waals surface area contributed by atoms with Gasteiger partial charge in [-0.15, -0.1) is 0 Å². The van der Waals surface area contributed by atoms with Crippen molar-refractivity contribution >= 4 is 11.5 Å². The van der Waals surface area contributed by atoms with E-state index in [1.54, 1.807) is 6.07 Å². The van der Waals surface area contributed by atoms with E-state index in [1.165, 1.54) is 18.7 Å². The van der Waals surface area contributed by atoms with E-state index < -0.39 is 4.92 Å². The van der Waals surface area contributed by atoms with Crippen LogP contribution in [0, 0.1) is 16.0 Å². The Balaban J connectivity index is 2.01. The fourth-order valence-corrected chi connectivity index (χ4v) is 2.30. The van der Waals surface area contributed by atoms with E-state index in [2.05, 4.69) is 10.3 Å². The minimum Gasteiger partial charge on any atom is -0.379 e. The summed E-state index contributed by atoms with van der Waals surface area (Å²) < 4.78 is 0. The molecule has 1 fully saturated rings. The van der Waals surface area contributed by atoms with Crippen LogP contribution >= 0.6 is 0 Å². The molecule has 3 N–H and O–H groups in total. The van der Waals surface area contributed by atoms with Crippen molar-refractivity contribution in [3.05, 3.63) is 28.4 Å². The van der Waals surface area contributed by atoms with Gasteiger partial charge < -0.3 is 21.2 Å². The quantitative estimate of drug-likeness (QED) is 0.610. The number of nitrogens with two attached hydrogens (primary N) is 1. The smallest absolute Gasteiger partial charge is 0.363 e. The summed E-state index contributed by atoms with van der Waals surface area (Å²) in [6.07, 6.45) is 4.93. The van der Waals surface area contributed by atoms with Crippen LogP contribution in [0.3, 0.4) is 0 Å². The molecule has 0 saturated heterocycles. The number of rotatable bonds is 4. The molecule has 1 aliphatic carbocycles. The molecule has 92 valence electrons. The van der Waals surface area contributed by atoms with E-state index in [1.807, 2.05) is 0 Å². The van der Waals surface area contributed by atoms with Gasteiger partial charge in [-0.1, -0.05) is 6.42 Å². The largest absolute Gasteiger partial charge is 0.379 e. The van der Waals surface area contributed by atoms with Gasteiger partial charge in [0.25, 0.3) is 0 Å². The van der Waals surface area contributed by atoms with Gasteiger partial charge in [0, 0.05) is 12.1 Å². The zero-order valence-electron chi connectivity index (χ0n) is 9.50. The van der Waals surface area contributed by atoms with Gasteiger partial charge in [0.15, 0.2) is 6.20 Å². The Hall–Kier alpha value is -1.69. The lowest BCUT2D eigenvalue weighted by molar-refractivity contribution is -0.389. The van der Waals surface area contributed by atoms with Gasteiger partial charge in [-0.2, -0.15) is 0 Å². The van der Waals surface area contributed by atoms with E-state index in [-0.39, 0.29) is 5.82 Å². The normalized spacial score (nSPS) is 23.6. The molecule has 1 aromatic heterocycles. The van der Waals surface area contributed by atoms with Crippen molar-refractivity contribution in [3.8, 4) is 0 Å². The summed E-state index contributed by atoms with van der Waals surface area (Å²) >= 11 is 0. The van der Waals surface area contributed by atoms with Crippen LogP contribution in [0.2, 0.25) is 0 Å². The van der Waals surface area contributed by atoms with Crippen LogP contribution in [0.1, 0.15) is 19.3 Å². The Kier molecular flexibility index (Phi) is 3.53. The predicted molar refractivity (Wildman–Crippen MR) is 64.7 cm³/mol. The third-order valence-corrected chi connectivity index (χ3v) is 3.25. The molecule has 2 atom stereocenters. The van der Waals surface area contributed by atoms with E-state index in [4.69, 9.17) is 5.73 Å². The highest BCUT2D eigenvalue weighted by Gasteiger charge is 2.26. The van der Waals surface area contributed by atoms with E-state index in [0.717, 1.165) is 18.5 Å². The van der Waals surface area contributed by atoms with Crippen molar-refractivity contribution in [2.45, 2.75) is 25.3 Å². The summed E-state index contributed by atoms with van der Waals surface area (Å²) in [7, 11) is 0. The third kappa shape index (κ3) is 2.71. The molecule has 2 rings (SSSR count). The Morgan fingerprint density at radius 2 is 2.35 bits per heavy atom. The van der Waals surface area contributed by atoms with Gasteiger partial charge >= 0.3 is 5.82 Å². The van der Waals surface area contributed by atoms with Crippen molar-refractivity contribution in [3.63, 3.8) is 0 Å². The molecule has 0 radical (unpaired) electrons. The fraction of sp³-hybridized carbons (Fsp3) is 0.545. The van der Waals surface area contributed by atoms with Gasteiger partial charge in [0.1, 0.15) is 0 Å². The van der Waals surface area contributed by atoms with Crippen molar-refractivity contribution in [2.75, 3.05) is 11.9 Å². The zero-order valence-corrected chi connectivity index (χ0v) is 9.50. The topological polar surface area (TPSA) is 94.1 Å². The number of anilines is 1. The summed E-state index contributed by atoms with van der Waals surface area (Å²) in [4.78, 5) is 13.7. The number of nitro groups is 1. The maximum absolute atomic E-state index is 10.5.